The minimum absolute atomic E-state index is 0.0655. The summed E-state index contributed by atoms with van der Waals surface area (Å²) in [5.74, 6) is -1.45. The molecule has 16 heavy (non-hydrogen) atoms. The lowest BCUT2D eigenvalue weighted by Gasteiger charge is -2.03. The average Bonchev–Trinajstić information content (AvgIpc) is 2.66. The van der Waals surface area contributed by atoms with Crippen LogP contribution in [0.15, 0.2) is 6.20 Å². The Kier molecular flexibility index (Phi) is 4.40. The van der Waals surface area contributed by atoms with Crippen molar-refractivity contribution in [2.75, 3.05) is 20.3 Å². The number of carbonyl (C=O) groups excluding carboxylic acids is 1. The Morgan fingerprint density at radius 2 is 2.38 bits per heavy atom. The summed E-state index contributed by atoms with van der Waals surface area (Å²) >= 11 is 0. The van der Waals surface area contributed by atoms with Crippen molar-refractivity contribution in [1.82, 2.24) is 20.3 Å². The molecule has 1 aromatic rings. The van der Waals surface area contributed by atoms with E-state index in [0.29, 0.717) is 13.2 Å². The van der Waals surface area contributed by atoms with Gasteiger partial charge in [0, 0.05) is 13.7 Å². The highest BCUT2D eigenvalue weighted by Crippen LogP contribution is 1.92. The zero-order valence-electron chi connectivity index (χ0n) is 8.71. The second kappa shape index (κ2) is 5.81. The van der Waals surface area contributed by atoms with Gasteiger partial charge in [-0.3, -0.25) is 4.79 Å². The van der Waals surface area contributed by atoms with Crippen LogP contribution in [0.3, 0.4) is 0 Å². The van der Waals surface area contributed by atoms with Crippen LogP contribution in [0, 0.1) is 0 Å². The first-order valence-electron chi connectivity index (χ1n) is 4.52. The first kappa shape index (κ1) is 12.1. The molecule has 1 rings (SSSR count). The molecule has 0 aliphatic heterocycles. The number of rotatable bonds is 6. The van der Waals surface area contributed by atoms with Crippen molar-refractivity contribution in [3.63, 3.8) is 0 Å². The molecule has 1 heterocycles. The highest BCUT2D eigenvalue weighted by Gasteiger charge is 2.10. The number of hydrogen-bond acceptors (Lipinski definition) is 5. The van der Waals surface area contributed by atoms with E-state index in [0.717, 1.165) is 4.68 Å². The molecule has 0 fully saturated rings. The Labute approximate surface area is 91.2 Å². The quantitative estimate of drug-likeness (QED) is 0.588. The van der Waals surface area contributed by atoms with Gasteiger partial charge < -0.3 is 15.2 Å². The zero-order chi connectivity index (χ0) is 12.0. The van der Waals surface area contributed by atoms with Crippen molar-refractivity contribution in [3.05, 3.63) is 11.9 Å². The number of aromatic nitrogens is 3. The van der Waals surface area contributed by atoms with Gasteiger partial charge in [0.25, 0.3) is 0 Å². The molecule has 0 aromatic carbocycles. The molecular formula is C8H12N4O4. The number of ether oxygens (including phenoxy) is 1. The molecule has 0 aliphatic rings. The van der Waals surface area contributed by atoms with Crippen molar-refractivity contribution in [2.45, 2.75) is 6.54 Å². The van der Waals surface area contributed by atoms with Gasteiger partial charge >= 0.3 is 5.97 Å². The van der Waals surface area contributed by atoms with Crippen LogP contribution in [0.2, 0.25) is 0 Å². The maximum Gasteiger partial charge on any atom is 0.358 e. The van der Waals surface area contributed by atoms with Crippen molar-refractivity contribution < 1.29 is 19.4 Å². The van der Waals surface area contributed by atoms with Crippen LogP contribution in [0.1, 0.15) is 10.5 Å². The maximum atomic E-state index is 11.3. The van der Waals surface area contributed by atoms with E-state index in [1.54, 1.807) is 0 Å². The summed E-state index contributed by atoms with van der Waals surface area (Å²) in [5, 5.41) is 18.0. The average molecular weight is 228 g/mol. The summed E-state index contributed by atoms with van der Waals surface area (Å²) in [4.78, 5) is 21.7. The number of carboxylic acids is 1. The maximum absolute atomic E-state index is 11.3. The molecule has 0 bridgehead atoms. The van der Waals surface area contributed by atoms with Crippen LogP contribution in [-0.2, 0) is 16.1 Å². The SMILES string of the molecule is COCCNC(=O)Cn1cc(C(=O)O)nn1. The molecule has 0 saturated carbocycles. The molecule has 0 unspecified atom stereocenters. The lowest BCUT2D eigenvalue weighted by molar-refractivity contribution is -0.122. The predicted octanol–water partition coefficient (Wildman–Crippen LogP) is -1.26. The van der Waals surface area contributed by atoms with E-state index < -0.39 is 5.97 Å². The third-order valence-corrected chi connectivity index (χ3v) is 1.69. The Morgan fingerprint density at radius 3 is 2.94 bits per heavy atom. The first-order valence-corrected chi connectivity index (χ1v) is 4.52. The fourth-order valence-electron chi connectivity index (χ4n) is 0.969. The van der Waals surface area contributed by atoms with Crippen molar-refractivity contribution >= 4 is 11.9 Å². The predicted molar refractivity (Wildman–Crippen MR) is 51.9 cm³/mol. The number of carbonyl (C=O) groups is 2. The van der Waals surface area contributed by atoms with Crippen molar-refractivity contribution in [1.29, 1.82) is 0 Å². The molecule has 88 valence electrons. The van der Waals surface area contributed by atoms with Gasteiger partial charge in [-0.1, -0.05) is 5.21 Å². The lowest BCUT2D eigenvalue weighted by Crippen LogP contribution is -2.30. The second-order valence-corrected chi connectivity index (χ2v) is 2.95. The fraction of sp³-hybridized carbons (Fsp3) is 0.500. The summed E-state index contributed by atoms with van der Waals surface area (Å²) in [6, 6.07) is 0. The topological polar surface area (TPSA) is 106 Å². The number of carboxylic acid groups (broad SMARTS) is 1. The zero-order valence-corrected chi connectivity index (χ0v) is 8.71. The monoisotopic (exact) mass is 228 g/mol. The van der Waals surface area contributed by atoms with Gasteiger partial charge in [0.2, 0.25) is 5.91 Å². The Balaban J connectivity index is 2.40. The number of methoxy groups -OCH3 is 1. The summed E-state index contributed by atoms with van der Waals surface area (Å²) in [5.41, 5.74) is -0.190. The first-order chi connectivity index (χ1) is 7.63. The van der Waals surface area contributed by atoms with E-state index >= 15 is 0 Å². The number of nitrogens with zero attached hydrogens (tertiary/aromatic N) is 3. The molecule has 1 amide bonds. The molecule has 0 saturated heterocycles. The number of aromatic carboxylic acids is 1. The molecule has 0 spiro atoms. The standard InChI is InChI=1S/C8H12N4O4/c1-16-3-2-9-7(13)5-12-4-6(8(14)15)10-11-12/h4H,2-3,5H2,1H3,(H,9,13)(H,14,15). The molecule has 2 N–H and O–H groups in total. The van der Waals surface area contributed by atoms with Crippen LogP contribution < -0.4 is 5.32 Å². The number of amides is 1. The van der Waals surface area contributed by atoms with E-state index in [1.165, 1.54) is 13.3 Å². The molecule has 0 aliphatic carbocycles. The lowest BCUT2D eigenvalue weighted by atomic mass is 10.5. The van der Waals surface area contributed by atoms with Gasteiger partial charge in [0.15, 0.2) is 5.69 Å². The minimum atomic E-state index is -1.17. The van der Waals surface area contributed by atoms with Gasteiger partial charge in [-0.25, -0.2) is 9.48 Å². The largest absolute Gasteiger partial charge is 0.476 e. The van der Waals surface area contributed by atoms with Crippen LogP contribution in [0.4, 0.5) is 0 Å². The van der Waals surface area contributed by atoms with E-state index in [4.69, 9.17) is 9.84 Å². The van der Waals surface area contributed by atoms with Crippen LogP contribution >= 0.6 is 0 Å². The molecule has 8 heteroatoms. The van der Waals surface area contributed by atoms with Gasteiger partial charge in [0.1, 0.15) is 6.54 Å². The Hall–Kier alpha value is -1.96. The highest BCUT2D eigenvalue weighted by molar-refractivity contribution is 5.84. The van der Waals surface area contributed by atoms with E-state index in [1.807, 2.05) is 0 Å². The van der Waals surface area contributed by atoms with Gasteiger partial charge in [-0.05, 0) is 0 Å². The Morgan fingerprint density at radius 1 is 1.62 bits per heavy atom. The second-order valence-electron chi connectivity index (χ2n) is 2.95. The van der Waals surface area contributed by atoms with E-state index in [-0.39, 0.29) is 18.1 Å². The molecule has 1 aromatic heterocycles. The van der Waals surface area contributed by atoms with Gasteiger partial charge in [-0.15, -0.1) is 5.10 Å². The normalized spacial score (nSPS) is 10.1. The molecular weight excluding hydrogens is 216 g/mol. The van der Waals surface area contributed by atoms with Crippen LogP contribution in [0.25, 0.3) is 0 Å². The van der Waals surface area contributed by atoms with Crippen molar-refractivity contribution in [2.24, 2.45) is 0 Å². The van der Waals surface area contributed by atoms with Crippen LogP contribution in [-0.4, -0.2) is 52.2 Å². The van der Waals surface area contributed by atoms with E-state index in [9.17, 15) is 9.59 Å². The summed E-state index contributed by atoms with van der Waals surface area (Å²) in [6.07, 6.45) is 1.19. The summed E-state index contributed by atoms with van der Waals surface area (Å²) < 4.78 is 5.91. The Bertz CT molecular complexity index is 376. The molecule has 8 nitrogen and oxygen atoms in total. The minimum Gasteiger partial charge on any atom is -0.476 e. The summed E-state index contributed by atoms with van der Waals surface area (Å²) in [6.45, 7) is 0.753. The van der Waals surface area contributed by atoms with Crippen LogP contribution in [0.5, 0.6) is 0 Å². The smallest absolute Gasteiger partial charge is 0.358 e. The number of nitrogens with one attached hydrogen (secondary N) is 1. The highest BCUT2D eigenvalue weighted by atomic mass is 16.5. The van der Waals surface area contributed by atoms with Gasteiger partial charge in [0.05, 0.1) is 12.8 Å². The third kappa shape index (κ3) is 3.65. The van der Waals surface area contributed by atoms with E-state index in [2.05, 4.69) is 15.6 Å². The van der Waals surface area contributed by atoms with Gasteiger partial charge in [-0.2, -0.15) is 0 Å². The third-order valence-electron chi connectivity index (χ3n) is 1.69. The number of hydrogen-bond donors (Lipinski definition) is 2. The molecule has 0 radical (unpaired) electrons. The fourth-order valence-corrected chi connectivity index (χ4v) is 0.969. The van der Waals surface area contributed by atoms with Crippen molar-refractivity contribution in [3.8, 4) is 0 Å². The molecule has 0 atom stereocenters. The summed E-state index contributed by atoms with van der Waals surface area (Å²) in [7, 11) is 1.53.